The molecule has 1 atom stereocenters. The molecule has 8 heteroatoms. The third-order valence-corrected chi connectivity index (χ3v) is 3.99. The Morgan fingerprint density at radius 2 is 2.21 bits per heavy atom. The summed E-state index contributed by atoms with van der Waals surface area (Å²) in [5.41, 5.74) is 6.89. The highest BCUT2D eigenvalue weighted by atomic mass is 35.5. The van der Waals surface area contributed by atoms with E-state index in [-0.39, 0.29) is 6.10 Å². The molecule has 0 bridgehead atoms. The van der Waals surface area contributed by atoms with Gasteiger partial charge in [0.15, 0.2) is 5.96 Å². The Hall–Kier alpha value is -2.12. The summed E-state index contributed by atoms with van der Waals surface area (Å²) in [6.07, 6.45) is 0.714. The van der Waals surface area contributed by atoms with Crippen molar-refractivity contribution in [3.8, 4) is 11.4 Å². The minimum atomic E-state index is 0.172. The minimum Gasteiger partial charge on any atom is -0.375 e. The van der Waals surface area contributed by atoms with Crippen molar-refractivity contribution in [2.45, 2.75) is 19.4 Å². The molecule has 128 valence electrons. The highest BCUT2D eigenvalue weighted by Gasteiger charge is 2.18. The van der Waals surface area contributed by atoms with Crippen LogP contribution in [0.3, 0.4) is 0 Å². The first-order valence-electron chi connectivity index (χ1n) is 7.87. The van der Waals surface area contributed by atoms with Gasteiger partial charge in [-0.3, -0.25) is 4.99 Å². The zero-order valence-electron chi connectivity index (χ0n) is 13.5. The van der Waals surface area contributed by atoms with Gasteiger partial charge in [-0.1, -0.05) is 16.8 Å². The van der Waals surface area contributed by atoms with Crippen LogP contribution in [-0.2, 0) is 11.2 Å². The Kier molecular flexibility index (Phi) is 5.32. The summed E-state index contributed by atoms with van der Waals surface area (Å²) in [6, 6.07) is 7.29. The lowest BCUT2D eigenvalue weighted by Crippen LogP contribution is -2.47. The SMILES string of the molecule is CC1CN(C(N)=NCCc2nc(-c3ccc(Cl)cc3)no2)CCO1. The molecule has 2 aromatic rings. The van der Waals surface area contributed by atoms with Crippen LogP contribution in [0, 0.1) is 0 Å². The van der Waals surface area contributed by atoms with Gasteiger partial charge in [0.05, 0.1) is 19.3 Å². The number of halogens is 1. The highest BCUT2D eigenvalue weighted by molar-refractivity contribution is 6.30. The Morgan fingerprint density at radius 1 is 1.42 bits per heavy atom. The zero-order valence-corrected chi connectivity index (χ0v) is 14.2. The van der Waals surface area contributed by atoms with Gasteiger partial charge in [-0.05, 0) is 31.2 Å². The lowest BCUT2D eigenvalue weighted by Gasteiger charge is -2.31. The topological polar surface area (TPSA) is 89.8 Å². The van der Waals surface area contributed by atoms with Crippen LogP contribution < -0.4 is 5.73 Å². The van der Waals surface area contributed by atoms with Gasteiger partial charge in [-0.15, -0.1) is 0 Å². The van der Waals surface area contributed by atoms with Crippen LogP contribution >= 0.6 is 11.6 Å². The number of guanidine groups is 1. The van der Waals surface area contributed by atoms with Crippen molar-refractivity contribution < 1.29 is 9.26 Å². The van der Waals surface area contributed by atoms with Gasteiger partial charge >= 0.3 is 0 Å². The second-order valence-electron chi connectivity index (χ2n) is 5.64. The number of morpholine rings is 1. The Labute approximate surface area is 145 Å². The lowest BCUT2D eigenvalue weighted by molar-refractivity contribution is 0.00530. The van der Waals surface area contributed by atoms with Crippen molar-refractivity contribution in [3.05, 3.63) is 35.2 Å². The predicted molar refractivity (Wildman–Crippen MR) is 91.9 cm³/mol. The van der Waals surface area contributed by atoms with Crippen molar-refractivity contribution >= 4 is 17.6 Å². The number of aromatic nitrogens is 2. The van der Waals surface area contributed by atoms with Gasteiger partial charge in [0.25, 0.3) is 0 Å². The fourth-order valence-electron chi connectivity index (χ4n) is 2.47. The smallest absolute Gasteiger partial charge is 0.228 e. The molecule has 1 unspecified atom stereocenters. The summed E-state index contributed by atoms with van der Waals surface area (Å²) in [5.74, 6) is 1.61. The first kappa shape index (κ1) is 16.7. The third kappa shape index (κ3) is 4.24. The molecule has 1 aliphatic heterocycles. The van der Waals surface area contributed by atoms with E-state index >= 15 is 0 Å². The average molecular weight is 350 g/mol. The number of ether oxygens (including phenoxy) is 1. The maximum absolute atomic E-state index is 6.03. The molecule has 1 aliphatic rings. The summed E-state index contributed by atoms with van der Waals surface area (Å²) in [5, 5.41) is 4.65. The summed E-state index contributed by atoms with van der Waals surface area (Å²) in [6.45, 7) is 4.72. The van der Waals surface area contributed by atoms with Gasteiger partial charge in [0.2, 0.25) is 11.7 Å². The van der Waals surface area contributed by atoms with Crippen LogP contribution in [0.5, 0.6) is 0 Å². The molecule has 1 fully saturated rings. The van der Waals surface area contributed by atoms with Crippen LogP contribution in [0.25, 0.3) is 11.4 Å². The van der Waals surface area contributed by atoms with E-state index in [1.807, 2.05) is 24.0 Å². The molecule has 0 spiro atoms. The fraction of sp³-hybridized carbons (Fsp3) is 0.438. The second kappa shape index (κ2) is 7.63. The van der Waals surface area contributed by atoms with Crippen LogP contribution in [0.4, 0.5) is 0 Å². The number of nitrogens with two attached hydrogens (primary N) is 1. The van der Waals surface area contributed by atoms with E-state index in [2.05, 4.69) is 15.1 Å². The van der Waals surface area contributed by atoms with Crippen LogP contribution in [0.2, 0.25) is 5.02 Å². The van der Waals surface area contributed by atoms with E-state index in [0.717, 1.165) is 18.7 Å². The number of nitrogens with zero attached hydrogens (tertiary/aromatic N) is 4. The molecule has 3 rings (SSSR count). The number of aliphatic imine (C=N–C) groups is 1. The van der Waals surface area contributed by atoms with Crippen LogP contribution in [0.15, 0.2) is 33.8 Å². The minimum absolute atomic E-state index is 0.172. The summed E-state index contributed by atoms with van der Waals surface area (Å²) in [4.78, 5) is 10.8. The molecule has 24 heavy (non-hydrogen) atoms. The molecule has 0 radical (unpaired) electrons. The number of hydrogen-bond donors (Lipinski definition) is 1. The van der Waals surface area contributed by atoms with Gasteiger partial charge in [0.1, 0.15) is 0 Å². The predicted octanol–water partition coefficient (Wildman–Crippen LogP) is 1.97. The largest absolute Gasteiger partial charge is 0.375 e. The first-order valence-corrected chi connectivity index (χ1v) is 8.24. The lowest BCUT2D eigenvalue weighted by atomic mass is 10.2. The van der Waals surface area contributed by atoms with Crippen molar-refractivity contribution in [1.82, 2.24) is 15.0 Å². The molecule has 1 saturated heterocycles. The van der Waals surface area contributed by atoms with Crippen LogP contribution in [-0.4, -0.2) is 53.3 Å². The van der Waals surface area contributed by atoms with Gasteiger partial charge < -0.3 is 19.9 Å². The van der Waals surface area contributed by atoms with E-state index in [0.29, 0.717) is 42.3 Å². The van der Waals surface area contributed by atoms with E-state index in [9.17, 15) is 0 Å². The molecule has 2 N–H and O–H groups in total. The van der Waals surface area contributed by atoms with Crippen molar-refractivity contribution in [1.29, 1.82) is 0 Å². The average Bonchev–Trinajstić information content (AvgIpc) is 3.04. The number of rotatable bonds is 4. The Morgan fingerprint density at radius 3 is 2.96 bits per heavy atom. The van der Waals surface area contributed by atoms with Crippen LogP contribution in [0.1, 0.15) is 12.8 Å². The summed E-state index contributed by atoms with van der Waals surface area (Å²) < 4.78 is 10.7. The van der Waals surface area contributed by atoms with Gasteiger partial charge in [-0.2, -0.15) is 4.98 Å². The zero-order chi connectivity index (χ0) is 16.9. The van der Waals surface area contributed by atoms with E-state index < -0.39 is 0 Å². The molecule has 0 amide bonds. The monoisotopic (exact) mass is 349 g/mol. The van der Waals surface area contributed by atoms with E-state index in [1.165, 1.54) is 0 Å². The molecule has 0 aliphatic carbocycles. The molecule has 1 aromatic heterocycles. The van der Waals surface area contributed by atoms with E-state index in [1.54, 1.807) is 12.1 Å². The number of hydrogen-bond acceptors (Lipinski definition) is 5. The third-order valence-electron chi connectivity index (χ3n) is 3.74. The standard InChI is InChI=1S/C16H20ClN5O2/c1-11-10-22(8-9-23-11)16(18)19-7-6-14-20-15(21-24-14)12-2-4-13(17)5-3-12/h2-5,11H,6-10H2,1H3,(H2,18,19). The molecule has 1 aromatic carbocycles. The Balaban J connectivity index is 1.55. The molecule has 2 heterocycles. The summed E-state index contributed by atoms with van der Waals surface area (Å²) in [7, 11) is 0. The highest BCUT2D eigenvalue weighted by Crippen LogP contribution is 2.18. The van der Waals surface area contributed by atoms with Gasteiger partial charge in [0, 0.05) is 30.1 Å². The quantitative estimate of drug-likeness (QED) is 0.670. The maximum atomic E-state index is 6.03. The van der Waals surface area contributed by atoms with E-state index in [4.69, 9.17) is 26.6 Å². The normalized spacial score (nSPS) is 18.8. The maximum Gasteiger partial charge on any atom is 0.228 e. The molecule has 7 nitrogen and oxygen atoms in total. The molecular formula is C16H20ClN5O2. The first-order chi connectivity index (χ1) is 11.6. The van der Waals surface area contributed by atoms with Crippen molar-refractivity contribution in [2.24, 2.45) is 10.7 Å². The molecular weight excluding hydrogens is 330 g/mol. The van der Waals surface area contributed by atoms with Crippen molar-refractivity contribution in [3.63, 3.8) is 0 Å². The second-order valence-corrected chi connectivity index (χ2v) is 6.07. The Bertz CT molecular complexity index is 701. The summed E-state index contributed by atoms with van der Waals surface area (Å²) >= 11 is 5.87. The van der Waals surface area contributed by atoms with Gasteiger partial charge in [-0.25, -0.2) is 0 Å². The fourth-order valence-corrected chi connectivity index (χ4v) is 2.59. The number of benzene rings is 1. The van der Waals surface area contributed by atoms with Crippen molar-refractivity contribution in [2.75, 3.05) is 26.2 Å². The molecule has 0 saturated carbocycles.